The third kappa shape index (κ3) is 3.38. The van der Waals surface area contributed by atoms with Crippen LogP contribution >= 0.6 is 0 Å². The van der Waals surface area contributed by atoms with Crippen molar-refractivity contribution in [3.63, 3.8) is 0 Å². The van der Waals surface area contributed by atoms with Crippen molar-refractivity contribution >= 4 is 16.9 Å². The van der Waals surface area contributed by atoms with E-state index < -0.39 is 0 Å². The van der Waals surface area contributed by atoms with E-state index in [1.807, 2.05) is 6.07 Å². The summed E-state index contributed by atoms with van der Waals surface area (Å²) >= 11 is 0. The molecule has 1 aromatic heterocycles. The molecule has 2 aliphatic rings. The Kier molecular flexibility index (Phi) is 4.97. The third-order valence-electron chi connectivity index (χ3n) is 6.47. The summed E-state index contributed by atoms with van der Waals surface area (Å²) in [6.07, 6.45) is 6.71. The Morgan fingerprint density at radius 3 is 2.56 bits per heavy atom. The van der Waals surface area contributed by atoms with Crippen molar-refractivity contribution in [2.75, 3.05) is 13.1 Å². The van der Waals surface area contributed by atoms with Crippen molar-refractivity contribution < 1.29 is 4.79 Å². The van der Waals surface area contributed by atoms with Crippen LogP contribution in [0.5, 0.6) is 0 Å². The lowest BCUT2D eigenvalue weighted by atomic mass is 9.92. The van der Waals surface area contributed by atoms with E-state index >= 15 is 0 Å². The Morgan fingerprint density at radius 1 is 1.19 bits per heavy atom. The maximum Gasteiger partial charge on any atom is 0.241 e. The molecule has 2 aromatic rings. The van der Waals surface area contributed by atoms with Gasteiger partial charge in [0.05, 0.1) is 17.1 Å². The molecule has 1 aromatic carbocycles. The van der Waals surface area contributed by atoms with E-state index in [0.29, 0.717) is 0 Å². The summed E-state index contributed by atoms with van der Waals surface area (Å²) < 4.78 is 0. The molecular weight excluding hydrogens is 336 g/mol. The van der Waals surface area contributed by atoms with Crippen LogP contribution in [0.3, 0.4) is 0 Å². The highest BCUT2D eigenvalue weighted by Crippen LogP contribution is 2.38. The first-order valence-corrected chi connectivity index (χ1v) is 10.5. The van der Waals surface area contributed by atoms with Gasteiger partial charge in [0.1, 0.15) is 11.4 Å². The average Bonchev–Trinajstić information content (AvgIpc) is 3.38. The number of hydrogen-bond donors (Lipinski definition) is 2. The monoisotopic (exact) mass is 368 g/mol. The standard InChI is InChI=1S/C22H32N4O/c1-15(2)19(20-23-17-9-8-16(3)14-18(17)24-20)25-21(27)22(10-4-5-11-22)26-12-6-7-13-26/h8-9,14-15,19H,4-7,10-13H2,1-3H3,(H,23,24)(H,25,27)/t19-/m0/s1. The average molecular weight is 369 g/mol. The molecule has 1 saturated carbocycles. The Morgan fingerprint density at radius 2 is 1.89 bits per heavy atom. The van der Waals surface area contributed by atoms with Crippen LogP contribution in [0.25, 0.3) is 11.0 Å². The summed E-state index contributed by atoms with van der Waals surface area (Å²) in [5, 5.41) is 3.39. The molecule has 1 aliphatic carbocycles. The molecule has 2 heterocycles. The van der Waals surface area contributed by atoms with Crippen molar-refractivity contribution in [3.05, 3.63) is 29.6 Å². The topological polar surface area (TPSA) is 61.0 Å². The maximum absolute atomic E-state index is 13.5. The van der Waals surface area contributed by atoms with Crippen LogP contribution in [0.15, 0.2) is 18.2 Å². The molecule has 4 rings (SSSR count). The zero-order valence-corrected chi connectivity index (χ0v) is 16.8. The van der Waals surface area contributed by atoms with Gasteiger partial charge >= 0.3 is 0 Å². The molecule has 2 N–H and O–H groups in total. The van der Waals surface area contributed by atoms with Crippen molar-refractivity contribution in [1.82, 2.24) is 20.2 Å². The van der Waals surface area contributed by atoms with Crippen LogP contribution in [-0.2, 0) is 4.79 Å². The lowest BCUT2D eigenvalue weighted by molar-refractivity contribution is -0.134. The van der Waals surface area contributed by atoms with E-state index in [4.69, 9.17) is 4.98 Å². The normalized spacial score (nSPS) is 21.2. The predicted molar refractivity (Wildman–Crippen MR) is 109 cm³/mol. The van der Waals surface area contributed by atoms with Gasteiger partial charge in [0.25, 0.3) is 0 Å². The first kappa shape index (κ1) is 18.5. The lowest BCUT2D eigenvalue weighted by Gasteiger charge is -2.38. The molecule has 0 bridgehead atoms. The zero-order chi connectivity index (χ0) is 19.0. The maximum atomic E-state index is 13.5. The highest BCUT2D eigenvalue weighted by Gasteiger charge is 2.47. The molecular formula is C22H32N4O. The minimum absolute atomic E-state index is 0.0923. The second-order valence-electron chi connectivity index (χ2n) is 8.77. The highest BCUT2D eigenvalue weighted by atomic mass is 16.2. The SMILES string of the molecule is Cc1ccc2nc([C@@H](NC(=O)C3(N4CCCC4)CCCC3)C(C)C)[nH]c2c1. The van der Waals surface area contributed by atoms with Gasteiger partial charge in [0, 0.05) is 0 Å². The summed E-state index contributed by atoms with van der Waals surface area (Å²) in [4.78, 5) is 24.2. The molecule has 27 heavy (non-hydrogen) atoms. The third-order valence-corrected chi connectivity index (χ3v) is 6.47. The largest absolute Gasteiger partial charge is 0.344 e. The first-order chi connectivity index (χ1) is 13.0. The minimum atomic E-state index is -0.299. The van der Waals surface area contributed by atoms with Crippen molar-refractivity contribution in [1.29, 1.82) is 0 Å². The number of aryl methyl sites for hydroxylation is 1. The van der Waals surface area contributed by atoms with E-state index in [-0.39, 0.29) is 23.4 Å². The summed E-state index contributed by atoms with van der Waals surface area (Å²) in [6.45, 7) is 8.51. The van der Waals surface area contributed by atoms with Gasteiger partial charge in [-0.05, 0) is 69.3 Å². The van der Waals surface area contributed by atoms with Crippen molar-refractivity contribution in [2.24, 2.45) is 5.92 Å². The van der Waals surface area contributed by atoms with Crippen LogP contribution in [0.1, 0.15) is 69.8 Å². The first-order valence-electron chi connectivity index (χ1n) is 10.5. The number of fused-ring (bicyclic) bond motifs is 1. The number of likely N-dealkylation sites (tertiary alicyclic amines) is 1. The van der Waals surface area contributed by atoms with Crippen molar-refractivity contribution in [3.8, 4) is 0 Å². The summed E-state index contributed by atoms with van der Waals surface area (Å²) in [5.74, 6) is 1.35. The quantitative estimate of drug-likeness (QED) is 0.835. The molecule has 5 heteroatoms. The molecule has 1 aliphatic heterocycles. The highest BCUT2D eigenvalue weighted by molar-refractivity contribution is 5.87. The van der Waals surface area contributed by atoms with Crippen LogP contribution in [0.2, 0.25) is 0 Å². The van der Waals surface area contributed by atoms with Crippen LogP contribution < -0.4 is 5.32 Å². The van der Waals surface area contributed by atoms with E-state index in [1.54, 1.807) is 0 Å². The number of nitrogens with one attached hydrogen (secondary N) is 2. The van der Waals surface area contributed by atoms with E-state index in [1.165, 1.54) is 18.4 Å². The van der Waals surface area contributed by atoms with Crippen molar-refractivity contribution in [2.45, 2.75) is 70.9 Å². The zero-order valence-electron chi connectivity index (χ0n) is 16.8. The minimum Gasteiger partial charge on any atom is -0.344 e. The number of rotatable bonds is 5. The van der Waals surface area contributed by atoms with Crippen LogP contribution in [0.4, 0.5) is 0 Å². The number of aromatic amines is 1. The van der Waals surface area contributed by atoms with Gasteiger partial charge in [-0.2, -0.15) is 0 Å². The van der Waals surface area contributed by atoms with Gasteiger partial charge in [0.15, 0.2) is 0 Å². The number of imidazole rings is 1. The predicted octanol–water partition coefficient (Wildman–Crippen LogP) is 4.09. The molecule has 1 atom stereocenters. The fourth-order valence-electron chi connectivity index (χ4n) is 4.91. The molecule has 5 nitrogen and oxygen atoms in total. The van der Waals surface area contributed by atoms with Crippen LogP contribution in [-0.4, -0.2) is 39.4 Å². The van der Waals surface area contributed by atoms with Gasteiger partial charge in [-0.3, -0.25) is 9.69 Å². The van der Waals surface area contributed by atoms with Gasteiger partial charge in [0.2, 0.25) is 5.91 Å². The molecule has 0 unspecified atom stereocenters. The molecule has 1 saturated heterocycles. The fourth-order valence-corrected chi connectivity index (χ4v) is 4.91. The second kappa shape index (κ2) is 7.27. The smallest absolute Gasteiger partial charge is 0.241 e. The van der Waals surface area contributed by atoms with Gasteiger partial charge in [-0.25, -0.2) is 4.98 Å². The summed E-state index contributed by atoms with van der Waals surface area (Å²) in [7, 11) is 0. The van der Waals surface area contributed by atoms with E-state index in [2.05, 4.69) is 48.1 Å². The molecule has 2 fully saturated rings. The second-order valence-corrected chi connectivity index (χ2v) is 8.77. The number of benzene rings is 1. The molecule has 1 amide bonds. The number of hydrogen-bond acceptors (Lipinski definition) is 3. The number of carbonyl (C=O) groups excluding carboxylic acids is 1. The van der Waals surface area contributed by atoms with Gasteiger partial charge in [-0.1, -0.05) is 32.8 Å². The molecule has 146 valence electrons. The number of nitrogens with zero attached hydrogens (tertiary/aromatic N) is 2. The van der Waals surface area contributed by atoms with Gasteiger partial charge < -0.3 is 10.3 Å². The Balaban J connectivity index is 1.61. The Hall–Kier alpha value is -1.88. The lowest BCUT2D eigenvalue weighted by Crippen LogP contribution is -2.57. The molecule has 0 spiro atoms. The van der Waals surface area contributed by atoms with E-state index in [9.17, 15) is 4.79 Å². The summed E-state index contributed by atoms with van der Waals surface area (Å²) in [5.41, 5.74) is 2.92. The molecule has 0 radical (unpaired) electrons. The number of H-pyrrole nitrogens is 1. The Labute approximate surface area is 161 Å². The fraction of sp³-hybridized carbons (Fsp3) is 0.636. The van der Waals surface area contributed by atoms with Gasteiger partial charge in [-0.15, -0.1) is 0 Å². The summed E-state index contributed by atoms with van der Waals surface area (Å²) in [6, 6.07) is 6.15. The number of carbonyl (C=O) groups is 1. The Bertz CT molecular complexity index is 813. The van der Waals surface area contributed by atoms with E-state index in [0.717, 1.165) is 55.6 Å². The number of aromatic nitrogens is 2. The number of amides is 1. The van der Waals surface area contributed by atoms with Crippen LogP contribution in [0, 0.1) is 12.8 Å².